The van der Waals surface area contributed by atoms with Crippen LogP contribution in [0.15, 0.2) is 28.1 Å². The molecule has 0 atom stereocenters. The number of anilines is 3. The quantitative estimate of drug-likeness (QED) is 0.622. The molecular formula is C18H22N8O2S. The van der Waals surface area contributed by atoms with E-state index in [1.807, 2.05) is 18.4 Å². The largest absolute Gasteiger partial charge is 0.406 e. The summed E-state index contributed by atoms with van der Waals surface area (Å²) in [5.74, 6) is 0.401. The maximum Gasteiger partial charge on any atom is 0.321 e. The highest BCUT2D eigenvalue weighted by atomic mass is 32.1. The Morgan fingerprint density at radius 3 is 2.76 bits per heavy atom. The van der Waals surface area contributed by atoms with Gasteiger partial charge in [-0.3, -0.25) is 15.0 Å². The fourth-order valence-corrected chi connectivity index (χ4v) is 3.74. The van der Waals surface area contributed by atoms with Crippen LogP contribution in [-0.4, -0.2) is 64.2 Å². The Labute approximate surface area is 172 Å². The second-order valence-electron chi connectivity index (χ2n) is 6.61. The summed E-state index contributed by atoms with van der Waals surface area (Å²) in [6.07, 6.45) is 1.72. The van der Waals surface area contributed by atoms with E-state index in [-0.39, 0.29) is 5.91 Å². The molecule has 1 aliphatic heterocycles. The zero-order valence-electron chi connectivity index (χ0n) is 16.3. The number of thiazole rings is 1. The van der Waals surface area contributed by atoms with Gasteiger partial charge in [0.25, 0.3) is 5.91 Å². The van der Waals surface area contributed by atoms with E-state index in [0.717, 1.165) is 42.7 Å². The Bertz CT molecular complexity index is 966. The zero-order chi connectivity index (χ0) is 20.2. The predicted octanol–water partition coefficient (Wildman–Crippen LogP) is 1.65. The van der Waals surface area contributed by atoms with Crippen LogP contribution in [-0.2, 0) is 6.54 Å². The number of hydrogen-bond acceptors (Lipinski definition) is 10. The van der Waals surface area contributed by atoms with Crippen LogP contribution in [0.2, 0.25) is 0 Å². The number of pyridine rings is 1. The standard InChI is InChI=1S/C18H22N8O2S/c1-12-14(4-3-13(21-12)16(27)19-2)26-8-6-25(7-9-26)11-15-23-24-17(28-15)22-18-20-5-10-29-18/h3-5,10H,6-9,11H2,1-2H3,(H,19,27)(H,20,22,24). The van der Waals surface area contributed by atoms with Gasteiger partial charge in [0.05, 0.1) is 17.9 Å². The molecule has 3 aromatic heterocycles. The average Bonchev–Trinajstić information content (AvgIpc) is 3.40. The van der Waals surface area contributed by atoms with Crippen molar-refractivity contribution in [2.45, 2.75) is 13.5 Å². The number of carbonyl (C=O) groups is 1. The van der Waals surface area contributed by atoms with E-state index in [1.165, 1.54) is 11.3 Å². The lowest BCUT2D eigenvalue weighted by Gasteiger charge is -2.35. The molecule has 0 saturated carbocycles. The normalized spacial score (nSPS) is 14.8. The van der Waals surface area contributed by atoms with Gasteiger partial charge in [-0.2, -0.15) is 0 Å². The van der Waals surface area contributed by atoms with E-state index >= 15 is 0 Å². The molecule has 0 radical (unpaired) electrons. The Kier molecular flexibility index (Phi) is 5.67. The molecule has 3 aromatic rings. The van der Waals surface area contributed by atoms with Crippen molar-refractivity contribution in [1.29, 1.82) is 0 Å². The highest BCUT2D eigenvalue weighted by molar-refractivity contribution is 7.13. The lowest BCUT2D eigenvalue weighted by atomic mass is 10.2. The molecule has 0 aliphatic carbocycles. The number of amides is 1. The monoisotopic (exact) mass is 414 g/mol. The number of aryl methyl sites for hydroxylation is 1. The predicted molar refractivity (Wildman–Crippen MR) is 110 cm³/mol. The number of piperazine rings is 1. The average molecular weight is 414 g/mol. The molecule has 0 aromatic carbocycles. The number of hydrogen-bond donors (Lipinski definition) is 2. The second-order valence-corrected chi connectivity index (χ2v) is 7.50. The van der Waals surface area contributed by atoms with Crippen LogP contribution in [0.1, 0.15) is 22.1 Å². The SMILES string of the molecule is CNC(=O)c1ccc(N2CCN(Cc3nnc(Nc4nccs4)o3)CC2)c(C)n1. The lowest BCUT2D eigenvalue weighted by Crippen LogP contribution is -2.46. The van der Waals surface area contributed by atoms with Gasteiger partial charge in [-0.1, -0.05) is 5.10 Å². The van der Waals surface area contributed by atoms with E-state index in [4.69, 9.17) is 4.42 Å². The molecule has 1 amide bonds. The van der Waals surface area contributed by atoms with Gasteiger partial charge in [0.1, 0.15) is 5.69 Å². The van der Waals surface area contributed by atoms with Crippen LogP contribution >= 0.6 is 11.3 Å². The van der Waals surface area contributed by atoms with Crippen molar-refractivity contribution in [3.63, 3.8) is 0 Å². The van der Waals surface area contributed by atoms with Gasteiger partial charge < -0.3 is 14.6 Å². The van der Waals surface area contributed by atoms with Crippen LogP contribution in [0.3, 0.4) is 0 Å². The van der Waals surface area contributed by atoms with Crippen molar-refractivity contribution in [2.75, 3.05) is 43.4 Å². The van der Waals surface area contributed by atoms with E-state index in [9.17, 15) is 4.79 Å². The van der Waals surface area contributed by atoms with Gasteiger partial charge in [0, 0.05) is 44.8 Å². The van der Waals surface area contributed by atoms with Gasteiger partial charge in [-0.25, -0.2) is 9.97 Å². The maximum atomic E-state index is 11.7. The molecule has 1 saturated heterocycles. The van der Waals surface area contributed by atoms with Gasteiger partial charge in [0.15, 0.2) is 5.13 Å². The molecule has 1 fully saturated rings. The summed E-state index contributed by atoms with van der Waals surface area (Å²) in [7, 11) is 1.61. The maximum absolute atomic E-state index is 11.7. The molecule has 0 spiro atoms. The van der Waals surface area contributed by atoms with Crippen LogP contribution in [0.4, 0.5) is 16.8 Å². The fourth-order valence-electron chi connectivity index (χ4n) is 3.23. The molecule has 1 aliphatic rings. The highest BCUT2D eigenvalue weighted by Gasteiger charge is 2.21. The lowest BCUT2D eigenvalue weighted by molar-refractivity contribution is 0.0958. The minimum absolute atomic E-state index is 0.173. The van der Waals surface area contributed by atoms with Gasteiger partial charge >= 0.3 is 6.01 Å². The molecule has 4 heterocycles. The topological polar surface area (TPSA) is 112 Å². The van der Waals surface area contributed by atoms with Crippen LogP contribution in [0.25, 0.3) is 0 Å². The molecule has 29 heavy (non-hydrogen) atoms. The Morgan fingerprint density at radius 2 is 2.07 bits per heavy atom. The minimum atomic E-state index is -0.173. The van der Waals surface area contributed by atoms with Crippen LogP contribution in [0, 0.1) is 6.92 Å². The summed E-state index contributed by atoms with van der Waals surface area (Å²) in [6.45, 7) is 6.00. The molecule has 11 heteroatoms. The zero-order valence-corrected chi connectivity index (χ0v) is 17.1. The van der Waals surface area contributed by atoms with Crippen molar-refractivity contribution in [3.05, 3.63) is 41.0 Å². The van der Waals surface area contributed by atoms with Crippen LogP contribution in [0.5, 0.6) is 0 Å². The molecular weight excluding hydrogens is 392 g/mol. The van der Waals surface area contributed by atoms with Crippen molar-refractivity contribution in [1.82, 2.24) is 30.4 Å². The third kappa shape index (κ3) is 4.51. The summed E-state index contributed by atoms with van der Waals surface area (Å²) < 4.78 is 5.67. The number of nitrogens with zero attached hydrogens (tertiary/aromatic N) is 6. The first kappa shape index (κ1) is 19.3. The molecule has 4 rings (SSSR count). The van der Waals surface area contributed by atoms with E-state index in [2.05, 4.69) is 40.6 Å². The molecule has 0 bridgehead atoms. The van der Waals surface area contributed by atoms with Crippen molar-refractivity contribution < 1.29 is 9.21 Å². The molecule has 2 N–H and O–H groups in total. The molecule has 10 nitrogen and oxygen atoms in total. The van der Waals surface area contributed by atoms with E-state index in [1.54, 1.807) is 19.3 Å². The van der Waals surface area contributed by atoms with Gasteiger partial charge in [0.2, 0.25) is 5.89 Å². The Balaban J connectivity index is 1.32. The van der Waals surface area contributed by atoms with Crippen molar-refractivity contribution in [2.24, 2.45) is 0 Å². The minimum Gasteiger partial charge on any atom is -0.406 e. The summed E-state index contributed by atoms with van der Waals surface area (Å²) in [6, 6.07) is 4.09. The number of rotatable bonds is 6. The summed E-state index contributed by atoms with van der Waals surface area (Å²) in [4.78, 5) is 24.9. The Hall–Kier alpha value is -3.05. The van der Waals surface area contributed by atoms with Crippen molar-refractivity contribution in [3.8, 4) is 0 Å². The number of nitrogens with one attached hydrogen (secondary N) is 2. The highest BCUT2D eigenvalue weighted by Crippen LogP contribution is 2.22. The second kappa shape index (κ2) is 8.53. The first-order valence-corrected chi connectivity index (χ1v) is 10.2. The smallest absolute Gasteiger partial charge is 0.321 e. The van der Waals surface area contributed by atoms with Crippen molar-refractivity contribution >= 4 is 34.1 Å². The Morgan fingerprint density at radius 1 is 1.24 bits per heavy atom. The van der Waals surface area contributed by atoms with E-state index < -0.39 is 0 Å². The van der Waals surface area contributed by atoms with Gasteiger partial charge in [-0.05, 0) is 19.1 Å². The third-order valence-electron chi connectivity index (χ3n) is 4.70. The molecule has 0 unspecified atom stereocenters. The first-order chi connectivity index (χ1) is 14.1. The summed E-state index contributed by atoms with van der Waals surface area (Å²) in [5, 5.41) is 16.3. The summed E-state index contributed by atoms with van der Waals surface area (Å²) in [5.41, 5.74) is 2.35. The fraction of sp³-hybridized carbons (Fsp3) is 0.389. The number of aromatic nitrogens is 4. The number of carbonyl (C=O) groups excluding carboxylic acids is 1. The third-order valence-corrected chi connectivity index (χ3v) is 5.39. The first-order valence-electron chi connectivity index (χ1n) is 9.28. The van der Waals surface area contributed by atoms with E-state index in [0.29, 0.717) is 24.1 Å². The van der Waals surface area contributed by atoms with Gasteiger partial charge in [-0.15, -0.1) is 16.4 Å². The summed E-state index contributed by atoms with van der Waals surface area (Å²) >= 11 is 1.47. The molecule has 152 valence electrons. The van der Waals surface area contributed by atoms with Crippen LogP contribution < -0.4 is 15.5 Å².